The fourth-order valence-corrected chi connectivity index (χ4v) is 1.60. The Kier molecular flexibility index (Phi) is 3.95. The SMILES string of the molecule is COc1ccc(C(=O)Nc2ncccc2C(=O)O)cc1. The maximum atomic E-state index is 12.0. The molecular formula is C14H12N2O4. The average Bonchev–Trinajstić information content (AvgIpc) is 2.47. The number of methoxy groups -OCH3 is 1. The summed E-state index contributed by atoms with van der Waals surface area (Å²) in [5, 5.41) is 11.5. The smallest absolute Gasteiger partial charge is 0.339 e. The molecule has 6 nitrogen and oxygen atoms in total. The van der Waals surface area contributed by atoms with Crippen molar-refractivity contribution in [3.05, 3.63) is 53.7 Å². The summed E-state index contributed by atoms with van der Waals surface area (Å²) in [7, 11) is 1.53. The molecule has 0 aliphatic carbocycles. The Hall–Kier alpha value is -2.89. The van der Waals surface area contributed by atoms with Crippen LogP contribution in [0.1, 0.15) is 20.7 Å². The molecule has 6 heteroatoms. The molecule has 1 heterocycles. The van der Waals surface area contributed by atoms with Crippen LogP contribution < -0.4 is 10.1 Å². The zero-order valence-corrected chi connectivity index (χ0v) is 10.7. The molecule has 1 amide bonds. The standard InChI is InChI=1S/C14H12N2O4/c1-20-10-6-4-9(5-7-10)13(17)16-12-11(14(18)19)3-2-8-15-12/h2-8H,1H3,(H,18,19)(H,15,16,17). The third-order valence-electron chi connectivity index (χ3n) is 2.62. The summed E-state index contributed by atoms with van der Waals surface area (Å²) in [5.41, 5.74) is 0.321. The molecule has 2 aromatic rings. The molecule has 1 aromatic heterocycles. The van der Waals surface area contributed by atoms with Crippen molar-refractivity contribution < 1.29 is 19.4 Å². The number of carbonyl (C=O) groups is 2. The van der Waals surface area contributed by atoms with Gasteiger partial charge in [0.2, 0.25) is 0 Å². The maximum absolute atomic E-state index is 12.0. The van der Waals surface area contributed by atoms with E-state index in [4.69, 9.17) is 9.84 Å². The second kappa shape index (κ2) is 5.83. The molecule has 2 rings (SSSR count). The largest absolute Gasteiger partial charge is 0.497 e. The van der Waals surface area contributed by atoms with Crippen molar-refractivity contribution in [1.29, 1.82) is 0 Å². The third kappa shape index (κ3) is 2.92. The quantitative estimate of drug-likeness (QED) is 0.889. The molecule has 2 N–H and O–H groups in total. The Morgan fingerprint density at radius 3 is 2.50 bits per heavy atom. The second-order valence-corrected chi connectivity index (χ2v) is 3.89. The molecule has 20 heavy (non-hydrogen) atoms. The van der Waals surface area contributed by atoms with Crippen LogP contribution in [0.3, 0.4) is 0 Å². The summed E-state index contributed by atoms with van der Waals surface area (Å²) in [6.45, 7) is 0. The van der Waals surface area contributed by atoms with Crippen LogP contribution in [-0.4, -0.2) is 29.1 Å². The van der Waals surface area contributed by atoms with Gasteiger partial charge in [-0.25, -0.2) is 9.78 Å². The van der Waals surface area contributed by atoms with Crippen LogP contribution in [-0.2, 0) is 0 Å². The minimum Gasteiger partial charge on any atom is -0.497 e. The van der Waals surface area contributed by atoms with Gasteiger partial charge in [0, 0.05) is 11.8 Å². The second-order valence-electron chi connectivity index (χ2n) is 3.89. The van der Waals surface area contributed by atoms with Crippen LogP contribution in [0.2, 0.25) is 0 Å². The number of carboxylic acid groups (broad SMARTS) is 1. The molecule has 1 aromatic carbocycles. The number of benzene rings is 1. The Morgan fingerprint density at radius 1 is 1.20 bits per heavy atom. The predicted molar refractivity (Wildman–Crippen MR) is 72.1 cm³/mol. The van der Waals surface area contributed by atoms with E-state index in [1.807, 2.05) is 0 Å². The number of pyridine rings is 1. The van der Waals surface area contributed by atoms with Crippen molar-refractivity contribution in [3.8, 4) is 5.75 Å². The molecule has 0 aliphatic heterocycles. The van der Waals surface area contributed by atoms with Gasteiger partial charge in [-0.2, -0.15) is 0 Å². The van der Waals surface area contributed by atoms with Gasteiger partial charge in [-0.3, -0.25) is 4.79 Å². The number of nitrogens with zero attached hydrogens (tertiary/aromatic N) is 1. The van der Waals surface area contributed by atoms with E-state index in [0.29, 0.717) is 11.3 Å². The van der Waals surface area contributed by atoms with Crippen molar-refractivity contribution in [2.45, 2.75) is 0 Å². The maximum Gasteiger partial charge on any atom is 0.339 e. The number of aromatic nitrogens is 1. The number of aromatic carboxylic acids is 1. The average molecular weight is 272 g/mol. The highest BCUT2D eigenvalue weighted by molar-refractivity contribution is 6.06. The molecule has 0 saturated carbocycles. The lowest BCUT2D eigenvalue weighted by molar-refractivity contribution is 0.0697. The van der Waals surface area contributed by atoms with Gasteiger partial charge in [0.15, 0.2) is 0 Å². The molecule has 102 valence electrons. The zero-order valence-electron chi connectivity index (χ0n) is 10.7. The van der Waals surface area contributed by atoms with E-state index in [0.717, 1.165) is 0 Å². The topological polar surface area (TPSA) is 88.5 Å². The molecular weight excluding hydrogens is 260 g/mol. The normalized spacial score (nSPS) is 9.85. The van der Waals surface area contributed by atoms with E-state index >= 15 is 0 Å². The van der Waals surface area contributed by atoms with Crippen LogP contribution in [0.5, 0.6) is 5.75 Å². The van der Waals surface area contributed by atoms with E-state index < -0.39 is 11.9 Å². The number of hydrogen-bond acceptors (Lipinski definition) is 4. The first-order valence-corrected chi connectivity index (χ1v) is 5.75. The lowest BCUT2D eigenvalue weighted by Gasteiger charge is -2.07. The highest BCUT2D eigenvalue weighted by Crippen LogP contribution is 2.15. The van der Waals surface area contributed by atoms with Gasteiger partial charge in [0.25, 0.3) is 5.91 Å². The van der Waals surface area contributed by atoms with Gasteiger partial charge < -0.3 is 15.2 Å². The molecule has 0 saturated heterocycles. The number of amides is 1. The monoisotopic (exact) mass is 272 g/mol. The highest BCUT2D eigenvalue weighted by atomic mass is 16.5. The van der Waals surface area contributed by atoms with E-state index in [1.165, 1.54) is 25.4 Å². The fourth-order valence-electron chi connectivity index (χ4n) is 1.60. The van der Waals surface area contributed by atoms with E-state index in [9.17, 15) is 9.59 Å². The molecule has 0 unspecified atom stereocenters. The minimum atomic E-state index is -1.15. The van der Waals surface area contributed by atoms with Gasteiger partial charge >= 0.3 is 5.97 Å². The summed E-state index contributed by atoms with van der Waals surface area (Å²) in [6.07, 6.45) is 1.41. The van der Waals surface area contributed by atoms with Gasteiger partial charge in [-0.1, -0.05) is 0 Å². The van der Waals surface area contributed by atoms with E-state index in [2.05, 4.69) is 10.3 Å². The summed E-state index contributed by atoms with van der Waals surface area (Å²) in [6, 6.07) is 9.32. The van der Waals surface area contributed by atoms with E-state index in [1.54, 1.807) is 24.3 Å². The van der Waals surface area contributed by atoms with E-state index in [-0.39, 0.29) is 11.4 Å². The van der Waals surface area contributed by atoms with Crippen LogP contribution in [0.25, 0.3) is 0 Å². The Balaban J connectivity index is 2.21. The van der Waals surface area contributed by atoms with Crippen LogP contribution in [0, 0.1) is 0 Å². The lowest BCUT2D eigenvalue weighted by Crippen LogP contribution is -2.15. The fraction of sp³-hybridized carbons (Fsp3) is 0.0714. The number of nitrogens with one attached hydrogen (secondary N) is 1. The minimum absolute atomic E-state index is 0.0146. The van der Waals surface area contributed by atoms with Crippen LogP contribution in [0.15, 0.2) is 42.6 Å². The van der Waals surface area contributed by atoms with Crippen LogP contribution in [0.4, 0.5) is 5.82 Å². The van der Waals surface area contributed by atoms with Crippen molar-refractivity contribution in [1.82, 2.24) is 4.98 Å². The van der Waals surface area contributed by atoms with Crippen molar-refractivity contribution >= 4 is 17.7 Å². The summed E-state index contributed by atoms with van der Waals surface area (Å²) >= 11 is 0. The van der Waals surface area contributed by atoms with Gasteiger partial charge in [0.05, 0.1) is 7.11 Å². The Bertz CT molecular complexity index is 638. The number of rotatable bonds is 4. The number of carboxylic acids is 1. The third-order valence-corrected chi connectivity index (χ3v) is 2.62. The Morgan fingerprint density at radius 2 is 1.90 bits per heavy atom. The first-order chi connectivity index (χ1) is 9.61. The summed E-state index contributed by atoms with van der Waals surface area (Å²) in [4.78, 5) is 26.9. The highest BCUT2D eigenvalue weighted by Gasteiger charge is 2.14. The Labute approximate surface area is 115 Å². The van der Waals surface area contributed by atoms with Crippen molar-refractivity contribution in [2.24, 2.45) is 0 Å². The first kappa shape index (κ1) is 13.5. The van der Waals surface area contributed by atoms with Crippen molar-refractivity contribution in [2.75, 3.05) is 12.4 Å². The zero-order chi connectivity index (χ0) is 14.5. The molecule has 0 radical (unpaired) electrons. The molecule has 0 aliphatic rings. The number of hydrogen-bond donors (Lipinski definition) is 2. The lowest BCUT2D eigenvalue weighted by atomic mass is 10.2. The number of anilines is 1. The van der Waals surface area contributed by atoms with Crippen molar-refractivity contribution in [3.63, 3.8) is 0 Å². The molecule has 0 spiro atoms. The molecule has 0 bridgehead atoms. The number of carbonyl (C=O) groups excluding carboxylic acids is 1. The summed E-state index contributed by atoms with van der Waals surface area (Å²) < 4.78 is 5.00. The first-order valence-electron chi connectivity index (χ1n) is 5.75. The van der Waals surface area contributed by atoms with Gasteiger partial charge in [-0.15, -0.1) is 0 Å². The van der Waals surface area contributed by atoms with Gasteiger partial charge in [0.1, 0.15) is 17.1 Å². The van der Waals surface area contributed by atoms with Crippen LogP contribution >= 0.6 is 0 Å². The molecule has 0 fully saturated rings. The molecule has 0 atom stereocenters. The summed E-state index contributed by atoms with van der Waals surface area (Å²) in [5.74, 6) is -0.941. The van der Waals surface area contributed by atoms with Gasteiger partial charge in [-0.05, 0) is 36.4 Å². The predicted octanol–water partition coefficient (Wildman–Crippen LogP) is 2.04. The number of ether oxygens (including phenoxy) is 1.